The summed E-state index contributed by atoms with van der Waals surface area (Å²) in [5.74, 6) is 1.75. The first-order chi connectivity index (χ1) is 13.2. The van der Waals surface area contributed by atoms with Crippen molar-refractivity contribution in [2.24, 2.45) is 5.41 Å². The van der Waals surface area contributed by atoms with Crippen LogP contribution in [0.3, 0.4) is 0 Å². The summed E-state index contributed by atoms with van der Waals surface area (Å²) in [4.78, 5) is 11.2. The highest BCUT2D eigenvalue weighted by atomic mass is 32.2. The van der Waals surface area contributed by atoms with Gasteiger partial charge >= 0.3 is 0 Å². The molecule has 0 aliphatic carbocycles. The van der Waals surface area contributed by atoms with E-state index in [1.165, 1.54) is 39.5 Å². The highest BCUT2D eigenvalue weighted by molar-refractivity contribution is 7.96. The summed E-state index contributed by atoms with van der Waals surface area (Å²) < 4.78 is 25.6. The van der Waals surface area contributed by atoms with Gasteiger partial charge in [-0.2, -0.15) is 0 Å². The zero-order chi connectivity index (χ0) is 18.9. The normalized spacial score (nSPS) is 19.7. The van der Waals surface area contributed by atoms with Crippen molar-refractivity contribution < 1.29 is 13.9 Å². The molecule has 2 aliphatic heterocycles. The van der Waals surface area contributed by atoms with Gasteiger partial charge in [-0.15, -0.1) is 0 Å². The Morgan fingerprint density at radius 3 is 2.59 bits per heavy atom. The van der Waals surface area contributed by atoms with Crippen molar-refractivity contribution in [3.63, 3.8) is 0 Å². The molecule has 3 heterocycles. The Labute approximate surface area is 163 Å². The Bertz CT molecular complexity index is 814. The number of hydrogen-bond acceptors (Lipinski definition) is 7. The van der Waals surface area contributed by atoms with E-state index in [4.69, 9.17) is 9.47 Å². The number of piperidine rings is 1. The first-order valence-corrected chi connectivity index (χ1v) is 10.4. The van der Waals surface area contributed by atoms with E-state index in [9.17, 15) is 4.39 Å². The third kappa shape index (κ3) is 3.52. The summed E-state index contributed by atoms with van der Waals surface area (Å²) in [6.07, 6.45) is 7.35. The molecule has 0 radical (unpaired) electrons. The minimum absolute atomic E-state index is 0.378. The van der Waals surface area contributed by atoms with Crippen LogP contribution in [0, 0.1) is 5.41 Å². The number of anilines is 1. The molecular weight excluding hydrogens is 367 g/mol. The van der Waals surface area contributed by atoms with Crippen LogP contribution in [0.5, 0.6) is 11.5 Å². The van der Waals surface area contributed by atoms with Crippen LogP contribution in [-0.4, -0.2) is 60.7 Å². The summed E-state index contributed by atoms with van der Waals surface area (Å²) in [5.41, 5.74) is 1.21. The topological polar surface area (TPSA) is 50.7 Å². The number of benzene rings is 1. The number of alkyl halides is 1. The number of hydrogen-bond donors (Lipinski definition) is 0. The number of fused-ring (bicyclic) bond motifs is 1. The molecule has 6 nitrogen and oxygen atoms in total. The molecule has 1 spiro atoms. The van der Waals surface area contributed by atoms with Crippen molar-refractivity contribution in [3.8, 4) is 11.5 Å². The van der Waals surface area contributed by atoms with Crippen molar-refractivity contribution in [2.45, 2.75) is 19.3 Å². The van der Waals surface area contributed by atoms with Crippen LogP contribution in [0.1, 0.15) is 19.3 Å². The zero-order valence-corrected chi connectivity index (χ0v) is 16.6. The van der Waals surface area contributed by atoms with Crippen molar-refractivity contribution in [1.82, 2.24) is 14.3 Å². The highest BCUT2D eigenvalue weighted by Gasteiger charge is 2.40. The predicted molar refractivity (Wildman–Crippen MR) is 106 cm³/mol. The van der Waals surface area contributed by atoms with Crippen LogP contribution < -0.4 is 14.4 Å². The van der Waals surface area contributed by atoms with Crippen molar-refractivity contribution in [3.05, 3.63) is 18.5 Å². The van der Waals surface area contributed by atoms with Gasteiger partial charge in [0, 0.05) is 37.6 Å². The summed E-state index contributed by atoms with van der Waals surface area (Å²) in [5, 5.41) is 0.870. The molecule has 1 aromatic heterocycles. The fourth-order valence-corrected chi connectivity index (χ4v) is 4.96. The largest absolute Gasteiger partial charge is 0.493 e. The molecule has 8 heteroatoms. The molecule has 27 heavy (non-hydrogen) atoms. The lowest BCUT2D eigenvalue weighted by Crippen LogP contribution is -2.41. The summed E-state index contributed by atoms with van der Waals surface area (Å²) >= 11 is 1.85. The van der Waals surface area contributed by atoms with Gasteiger partial charge in [-0.1, -0.05) is 11.9 Å². The molecule has 2 fully saturated rings. The number of aromatic nitrogens is 2. The van der Waals surface area contributed by atoms with Gasteiger partial charge in [-0.05, 0) is 37.0 Å². The number of methoxy groups -OCH3 is 1. The molecule has 0 unspecified atom stereocenters. The Balaban J connectivity index is 1.60. The van der Waals surface area contributed by atoms with E-state index in [2.05, 4.69) is 25.4 Å². The minimum atomic E-state index is -0.900. The van der Waals surface area contributed by atoms with Crippen molar-refractivity contribution in [2.75, 3.05) is 51.3 Å². The summed E-state index contributed by atoms with van der Waals surface area (Å²) in [7, 11) is 1.54. The second-order valence-corrected chi connectivity index (χ2v) is 8.14. The Morgan fingerprint density at radius 2 is 1.93 bits per heavy atom. The molecule has 0 saturated carbocycles. The van der Waals surface area contributed by atoms with Crippen LogP contribution in [-0.2, 0) is 0 Å². The van der Waals surface area contributed by atoms with Crippen LogP contribution in [0.25, 0.3) is 10.9 Å². The number of ether oxygens (including phenoxy) is 2. The first kappa shape index (κ1) is 18.6. The lowest BCUT2D eigenvalue weighted by molar-refractivity contribution is 0.185. The zero-order valence-electron chi connectivity index (χ0n) is 15.8. The lowest BCUT2D eigenvalue weighted by atomic mass is 9.78. The van der Waals surface area contributed by atoms with Crippen molar-refractivity contribution in [1.29, 1.82) is 0 Å². The standard InChI is InChI=1S/C19H25FN4O2S/c1-25-16-10-15-14(9-17(16)26-12-20)18(22-13-21-15)23-6-3-19(4-7-23)5-8-24(11-19)27-2/h9-10,13H,3-8,11-12H2,1-2H3. The molecule has 0 atom stereocenters. The average molecular weight is 393 g/mol. The van der Waals surface area contributed by atoms with Gasteiger partial charge in [0.15, 0.2) is 11.5 Å². The van der Waals surface area contributed by atoms with Crippen LogP contribution in [0.15, 0.2) is 18.5 Å². The second-order valence-electron chi connectivity index (χ2n) is 7.25. The van der Waals surface area contributed by atoms with E-state index in [1.807, 2.05) is 11.9 Å². The Morgan fingerprint density at radius 1 is 1.15 bits per heavy atom. The maximum Gasteiger partial charge on any atom is 0.228 e. The van der Waals surface area contributed by atoms with E-state index in [0.717, 1.165) is 29.8 Å². The van der Waals surface area contributed by atoms with Crippen LogP contribution in [0.2, 0.25) is 0 Å². The monoisotopic (exact) mass is 392 g/mol. The molecule has 2 aromatic rings. The average Bonchev–Trinajstić information content (AvgIpc) is 3.11. The molecule has 0 amide bonds. The van der Waals surface area contributed by atoms with Crippen molar-refractivity contribution >= 4 is 28.7 Å². The molecule has 4 rings (SSSR count). The third-order valence-electron chi connectivity index (χ3n) is 5.89. The number of nitrogens with zero attached hydrogens (tertiary/aromatic N) is 4. The van der Waals surface area contributed by atoms with Crippen LogP contribution in [0.4, 0.5) is 10.2 Å². The van der Waals surface area contributed by atoms with Gasteiger partial charge in [-0.25, -0.2) is 14.4 Å². The molecular formula is C19H25FN4O2S. The maximum atomic E-state index is 12.8. The molecule has 146 valence electrons. The molecule has 0 N–H and O–H groups in total. The van der Waals surface area contributed by atoms with E-state index in [0.29, 0.717) is 16.9 Å². The van der Waals surface area contributed by atoms with E-state index in [-0.39, 0.29) is 0 Å². The van der Waals surface area contributed by atoms with Gasteiger partial charge in [0.05, 0.1) is 12.6 Å². The summed E-state index contributed by atoms with van der Waals surface area (Å²) in [6.45, 7) is 3.40. The molecule has 0 bridgehead atoms. The van der Waals surface area contributed by atoms with E-state index >= 15 is 0 Å². The number of halogens is 1. The number of rotatable bonds is 5. The minimum Gasteiger partial charge on any atom is -0.493 e. The lowest BCUT2D eigenvalue weighted by Gasteiger charge is -2.40. The van der Waals surface area contributed by atoms with Gasteiger partial charge in [0.2, 0.25) is 6.86 Å². The van der Waals surface area contributed by atoms with Gasteiger partial charge < -0.3 is 14.4 Å². The van der Waals surface area contributed by atoms with E-state index in [1.54, 1.807) is 18.5 Å². The smallest absolute Gasteiger partial charge is 0.228 e. The molecule has 1 aromatic carbocycles. The fraction of sp³-hybridized carbons (Fsp3) is 0.579. The second kappa shape index (κ2) is 7.67. The first-order valence-electron chi connectivity index (χ1n) is 9.23. The molecule has 2 aliphatic rings. The highest BCUT2D eigenvalue weighted by Crippen LogP contribution is 2.43. The van der Waals surface area contributed by atoms with E-state index < -0.39 is 6.86 Å². The maximum absolute atomic E-state index is 12.8. The van der Waals surface area contributed by atoms with Gasteiger partial charge in [0.25, 0.3) is 0 Å². The van der Waals surface area contributed by atoms with Crippen LogP contribution >= 0.6 is 11.9 Å². The third-order valence-corrected chi connectivity index (χ3v) is 6.72. The predicted octanol–water partition coefficient (Wildman–Crippen LogP) is 3.51. The Kier molecular flexibility index (Phi) is 5.27. The van der Waals surface area contributed by atoms with Gasteiger partial charge in [0.1, 0.15) is 12.1 Å². The Hall–Kier alpha value is -1.80. The SMILES string of the molecule is COc1cc2ncnc(N3CCC4(CCN(SC)C4)CC3)c2cc1OCF. The quantitative estimate of drug-likeness (QED) is 0.722. The summed E-state index contributed by atoms with van der Waals surface area (Å²) in [6, 6.07) is 3.57. The fourth-order valence-electron chi connectivity index (χ4n) is 4.28. The molecule has 2 saturated heterocycles. The van der Waals surface area contributed by atoms with Gasteiger partial charge in [-0.3, -0.25) is 4.31 Å².